The number of piperazine rings is 1. The molecule has 0 atom stereocenters. The van der Waals surface area contributed by atoms with Crippen molar-refractivity contribution in [3.05, 3.63) is 81.8 Å². The zero-order valence-electron chi connectivity index (χ0n) is 26.6. The van der Waals surface area contributed by atoms with Gasteiger partial charge in [0.15, 0.2) is 0 Å². The van der Waals surface area contributed by atoms with Crippen LogP contribution in [0.4, 0.5) is 0 Å². The fraction of sp³-hybridized carbons (Fsp3) is 0.429. The molecule has 9 heteroatoms. The number of aromatic nitrogens is 3. The van der Waals surface area contributed by atoms with Crippen LogP contribution < -0.4 is 10.1 Å². The van der Waals surface area contributed by atoms with Crippen molar-refractivity contribution in [2.45, 2.75) is 47.1 Å². The molecule has 0 amide bonds. The molecule has 1 fully saturated rings. The second-order valence-corrected chi connectivity index (χ2v) is 12.0. The summed E-state index contributed by atoms with van der Waals surface area (Å²) >= 11 is 6.37. The van der Waals surface area contributed by atoms with Crippen LogP contribution in [0.3, 0.4) is 0 Å². The summed E-state index contributed by atoms with van der Waals surface area (Å²) in [6, 6.07) is 10.3. The first-order valence-corrected chi connectivity index (χ1v) is 15.8. The fourth-order valence-electron chi connectivity index (χ4n) is 6.36. The van der Waals surface area contributed by atoms with Crippen LogP contribution in [0.2, 0.25) is 5.02 Å². The number of benzene rings is 2. The number of hydrogen-bond acceptors (Lipinski definition) is 6. The van der Waals surface area contributed by atoms with E-state index in [-0.39, 0.29) is 12.6 Å². The zero-order chi connectivity index (χ0) is 31.4. The van der Waals surface area contributed by atoms with Gasteiger partial charge in [0.2, 0.25) is 0 Å². The number of nitrogens with one attached hydrogen (secondary N) is 1. The van der Waals surface area contributed by atoms with Crippen molar-refractivity contribution in [1.82, 2.24) is 24.6 Å². The Morgan fingerprint density at radius 3 is 2.50 bits per heavy atom. The standard InChI is InChI=1S/C35H44ClN5O3/c1-7-19-44-35(42)34-29(12-9-20-43-27-21-23(2)32(36)24(3)22-27)28-10-8-11-30(31-25(4)38-39(6)26(31)5)33(28)41(34)18-17-40-15-13-37-14-16-40/h7-8,10-11,21-22,37H,1,9,12-20H2,2-6H3. The van der Waals surface area contributed by atoms with Gasteiger partial charge in [0, 0.05) is 73.5 Å². The fourth-order valence-corrected chi connectivity index (χ4v) is 6.47. The Morgan fingerprint density at radius 1 is 1.11 bits per heavy atom. The number of carbonyl (C=O) groups excluding carboxylic acids is 1. The molecular weight excluding hydrogens is 574 g/mol. The molecular formula is C35H44ClN5O3. The highest BCUT2D eigenvalue weighted by Gasteiger charge is 2.27. The lowest BCUT2D eigenvalue weighted by molar-refractivity contribution is 0.0535. The van der Waals surface area contributed by atoms with Crippen molar-refractivity contribution in [3.8, 4) is 16.9 Å². The lowest BCUT2D eigenvalue weighted by atomic mass is 9.98. The molecule has 1 aliphatic rings. The molecule has 0 unspecified atom stereocenters. The van der Waals surface area contributed by atoms with Gasteiger partial charge in [-0.2, -0.15) is 5.10 Å². The molecule has 0 spiro atoms. The Morgan fingerprint density at radius 2 is 1.84 bits per heavy atom. The molecule has 5 rings (SSSR count). The predicted octanol–water partition coefficient (Wildman–Crippen LogP) is 6.19. The minimum absolute atomic E-state index is 0.156. The van der Waals surface area contributed by atoms with Gasteiger partial charge in [-0.25, -0.2) is 4.79 Å². The molecule has 234 valence electrons. The van der Waals surface area contributed by atoms with Crippen LogP contribution in [0.15, 0.2) is 43.0 Å². The summed E-state index contributed by atoms with van der Waals surface area (Å²) in [4.78, 5) is 16.3. The Hall–Kier alpha value is -3.59. The number of esters is 1. The Labute approximate surface area is 265 Å². The second-order valence-electron chi connectivity index (χ2n) is 11.7. The summed E-state index contributed by atoms with van der Waals surface area (Å²) in [6.07, 6.45) is 3.01. The number of para-hydroxylation sites is 1. The maximum absolute atomic E-state index is 13.8. The van der Waals surface area contributed by atoms with Crippen molar-refractivity contribution >= 4 is 28.5 Å². The lowest BCUT2D eigenvalue weighted by Crippen LogP contribution is -2.44. The minimum atomic E-state index is -0.327. The van der Waals surface area contributed by atoms with Gasteiger partial charge in [-0.1, -0.05) is 42.5 Å². The van der Waals surface area contributed by atoms with Crippen molar-refractivity contribution in [2.75, 3.05) is 45.9 Å². The molecule has 3 heterocycles. The average molecular weight is 618 g/mol. The van der Waals surface area contributed by atoms with Crippen LogP contribution in [0.5, 0.6) is 5.75 Å². The smallest absolute Gasteiger partial charge is 0.355 e. The average Bonchev–Trinajstić information content (AvgIpc) is 3.47. The summed E-state index contributed by atoms with van der Waals surface area (Å²) in [5.41, 5.74) is 8.88. The molecule has 2 aromatic heterocycles. The molecule has 1 N–H and O–H groups in total. The van der Waals surface area contributed by atoms with Gasteiger partial charge in [0.05, 0.1) is 17.8 Å². The monoisotopic (exact) mass is 617 g/mol. The number of rotatable bonds is 12. The third-order valence-electron chi connectivity index (χ3n) is 8.59. The molecule has 0 saturated carbocycles. The number of carbonyl (C=O) groups is 1. The van der Waals surface area contributed by atoms with Gasteiger partial charge in [0.1, 0.15) is 18.1 Å². The van der Waals surface area contributed by atoms with Crippen LogP contribution >= 0.6 is 11.6 Å². The number of aryl methyl sites for hydroxylation is 5. The van der Waals surface area contributed by atoms with Crippen LogP contribution in [-0.4, -0.2) is 71.2 Å². The summed E-state index contributed by atoms with van der Waals surface area (Å²) < 4.78 is 16.0. The van der Waals surface area contributed by atoms with Gasteiger partial charge in [-0.05, 0) is 69.4 Å². The van der Waals surface area contributed by atoms with Gasteiger partial charge >= 0.3 is 5.97 Å². The van der Waals surface area contributed by atoms with Crippen LogP contribution in [-0.2, 0) is 24.8 Å². The first-order chi connectivity index (χ1) is 21.2. The van der Waals surface area contributed by atoms with E-state index in [0.29, 0.717) is 25.3 Å². The highest BCUT2D eigenvalue weighted by molar-refractivity contribution is 6.32. The largest absolute Gasteiger partial charge is 0.494 e. The minimum Gasteiger partial charge on any atom is -0.494 e. The van der Waals surface area contributed by atoms with E-state index >= 15 is 0 Å². The van der Waals surface area contributed by atoms with E-state index < -0.39 is 0 Å². The molecule has 44 heavy (non-hydrogen) atoms. The van der Waals surface area contributed by atoms with Gasteiger partial charge in [-0.15, -0.1) is 0 Å². The van der Waals surface area contributed by atoms with Gasteiger partial charge < -0.3 is 19.4 Å². The first kappa shape index (κ1) is 31.8. The number of ether oxygens (including phenoxy) is 2. The third kappa shape index (κ3) is 6.58. The van der Waals surface area contributed by atoms with Crippen LogP contribution in [0, 0.1) is 27.7 Å². The van der Waals surface area contributed by atoms with E-state index in [2.05, 4.69) is 46.5 Å². The second kappa shape index (κ2) is 14.0. The van der Waals surface area contributed by atoms with E-state index in [9.17, 15) is 4.79 Å². The van der Waals surface area contributed by atoms with E-state index in [1.54, 1.807) is 6.08 Å². The number of hydrogen-bond donors (Lipinski definition) is 1. The summed E-state index contributed by atoms with van der Waals surface area (Å²) in [5, 5.41) is 9.99. The first-order valence-electron chi connectivity index (χ1n) is 15.5. The normalized spacial score (nSPS) is 13.9. The van der Waals surface area contributed by atoms with E-state index in [4.69, 9.17) is 26.2 Å². The predicted molar refractivity (Wildman–Crippen MR) is 178 cm³/mol. The van der Waals surface area contributed by atoms with Crippen molar-refractivity contribution < 1.29 is 14.3 Å². The van der Waals surface area contributed by atoms with E-state index in [1.165, 1.54) is 0 Å². The molecule has 1 aliphatic heterocycles. The molecule has 0 aliphatic carbocycles. The van der Waals surface area contributed by atoms with Gasteiger partial charge in [0.25, 0.3) is 0 Å². The maximum atomic E-state index is 13.8. The molecule has 0 radical (unpaired) electrons. The maximum Gasteiger partial charge on any atom is 0.355 e. The summed E-state index contributed by atoms with van der Waals surface area (Å²) in [6.45, 7) is 18.0. The SMILES string of the molecule is C=CCOC(=O)c1c(CCCOc2cc(C)c(Cl)c(C)c2)c2cccc(-c3c(C)nn(C)c3C)c2n1CCN1CCNCC1. The van der Waals surface area contributed by atoms with Crippen molar-refractivity contribution in [1.29, 1.82) is 0 Å². The molecule has 8 nitrogen and oxygen atoms in total. The quantitative estimate of drug-likeness (QED) is 0.116. The number of fused-ring (bicyclic) bond motifs is 1. The van der Waals surface area contributed by atoms with Crippen molar-refractivity contribution in [2.24, 2.45) is 7.05 Å². The number of nitrogens with zero attached hydrogens (tertiary/aromatic N) is 4. The Bertz CT molecular complexity index is 1640. The van der Waals surface area contributed by atoms with Crippen LogP contribution in [0.25, 0.3) is 22.0 Å². The molecule has 4 aromatic rings. The Kier molecular flexibility index (Phi) is 10.1. The van der Waals surface area contributed by atoms with E-state index in [0.717, 1.165) is 100 Å². The number of halogens is 1. The molecule has 1 saturated heterocycles. The van der Waals surface area contributed by atoms with Crippen molar-refractivity contribution in [3.63, 3.8) is 0 Å². The Balaban J connectivity index is 1.57. The van der Waals surface area contributed by atoms with E-state index in [1.807, 2.05) is 44.6 Å². The third-order valence-corrected chi connectivity index (χ3v) is 9.19. The summed E-state index contributed by atoms with van der Waals surface area (Å²) in [7, 11) is 1.97. The highest BCUT2D eigenvalue weighted by atomic mass is 35.5. The highest BCUT2D eigenvalue weighted by Crippen LogP contribution is 2.38. The molecule has 2 aromatic carbocycles. The zero-order valence-corrected chi connectivity index (χ0v) is 27.4. The molecule has 0 bridgehead atoms. The van der Waals surface area contributed by atoms with Crippen LogP contribution in [0.1, 0.15) is 45.0 Å². The summed E-state index contributed by atoms with van der Waals surface area (Å²) in [5.74, 6) is 0.477. The lowest BCUT2D eigenvalue weighted by Gasteiger charge is -2.27. The topological polar surface area (TPSA) is 73.5 Å². The van der Waals surface area contributed by atoms with Gasteiger partial charge in [-0.3, -0.25) is 9.58 Å².